The number of anilines is 3. The number of benzene rings is 3. The molecule has 200 valence electrons. The minimum Gasteiger partial charge on any atom is -0.496 e. The van der Waals surface area contributed by atoms with E-state index in [4.69, 9.17) is 9.47 Å². The number of aryl methyl sites for hydroxylation is 1. The fourth-order valence-electron chi connectivity index (χ4n) is 4.63. The molecule has 0 spiro atoms. The summed E-state index contributed by atoms with van der Waals surface area (Å²) in [6.45, 7) is 1.89. The number of amides is 1. The molecule has 1 aliphatic rings. The highest BCUT2D eigenvalue weighted by atomic mass is 19.4. The van der Waals surface area contributed by atoms with Gasteiger partial charge in [-0.3, -0.25) is 9.59 Å². The van der Waals surface area contributed by atoms with E-state index >= 15 is 0 Å². The summed E-state index contributed by atoms with van der Waals surface area (Å²) in [5, 5.41) is 6.34. The molecular formula is C29H24F3N3O4. The van der Waals surface area contributed by atoms with Crippen molar-refractivity contribution in [3.63, 3.8) is 0 Å². The minimum atomic E-state index is -4.62. The second-order valence-electron chi connectivity index (χ2n) is 9.23. The first-order valence-corrected chi connectivity index (χ1v) is 12.1. The second-order valence-corrected chi connectivity index (χ2v) is 9.23. The van der Waals surface area contributed by atoms with Gasteiger partial charge in [-0.2, -0.15) is 13.2 Å². The van der Waals surface area contributed by atoms with Crippen molar-refractivity contribution in [2.24, 2.45) is 5.92 Å². The van der Waals surface area contributed by atoms with Gasteiger partial charge in [-0.25, -0.2) is 4.98 Å². The van der Waals surface area contributed by atoms with Crippen LogP contribution < -0.4 is 15.4 Å². The summed E-state index contributed by atoms with van der Waals surface area (Å²) in [4.78, 5) is 29.2. The molecule has 0 saturated carbocycles. The van der Waals surface area contributed by atoms with E-state index in [-0.39, 0.29) is 17.6 Å². The summed E-state index contributed by atoms with van der Waals surface area (Å²) in [6, 6.07) is 19.5. The molecule has 1 amide bonds. The Morgan fingerprint density at radius 3 is 2.56 bits per heavy atom. The van der Waals surface area contributed by atoms with E-state index in [1.807, 2.05) is 19.1 Å². The van der Waals surface area contributed by atoms with Crippen molar-refractivity contribution in [2.45, 2.75) is 25.6 Å². The number of fused-ring (bicyclic) bond motifs is 1. The number of hydrogen-bond donors (Lipinski definition) is 2. The van der Waals surface area contributed by atoms with Gasteiger partial charge in [0, 0.05) is 22.3 Å². The molecule has 1 aliphatic heterocycles. The monoisotopic (exact) mass is 535 g/mol. The fourth-order valence-corrected chi connectivity index (χ4v) is 4.63. The van der Waals surface area contributed by atoms with Crippen LogP contribution in [0.3, 0.4) is 0 Å². The number of para-hydroxylation sites is 1. The predicted octanol–water partition coefficient (Wildman–Crippen LogP) is 6.56. The third kappa shape index (κ3) is 5.50. The van der Waals surface area contributed by atoms with Gasteiger partial charge in [-0.05, 0) is 49.4 Å². The van der Waals surface area contributed by atoms with E-state index in [0.717, 1.165) is 11.6 Å². The Labute approximate surface area is 222 Å². The second kappa shape index (κ2) is 10.3. The molecule has 0 aliphatic carbocycles. The number of rotatable bonds is 6. The smallest absolute Gasteiger partial charge is 0.433 e. The molecule has 5 rings (SSSR count). The van der Waals surface area contributed by atoms with Crippen LogP contribution >= 0.6 is 0 Å². The average Bonchev–Trinajstić information content (AvgIpc) is 3.30. The summed E-state index contributed by atoms with van der Waals surface area (Å²) in [6.07, 6.45) is -5.54. The van der Waals surface area contributed by atoms with Crippen LogP contribution in [0.4, 0.5) is 30.2 Å². The molecule has 10 heteroatoms. The topological polar surface area (TPSA) is 89.5 Å². The number of carbonyl (C=O) groups excluding carboxylic acids is 2. The van der Waals surface area contributed by atoms with Crippen LogP contribution in [0.1, 0.15) is 29.3 Å². The number of halogens is 3. The summed E-state index contributed by atoms with van der Waals surface area (Å²) in [5.74, 6) is -1.22. The van der Waals surface area contributed by atoms with Crippen LogP contribution in [0, 0.1) is 12.8 Å². The molecule has 0 radical (unpaired) electrons. The maximum absolute atomic E-state index is 13.5. The van der Waals surface area contributed by atoms with Crippen molar-refractivity contribution in [3.8, 4) is 5.75 Å². The van der Waals surface area contributed by atoms with Gasteiger partial charge >= 0.3 is 12.1 Å². The summed E-state index contributed by atoms with van der Waals surface area (Å²) in [5.41, 5.74) is 1.77. The zero-order chi connectivity index (χ0) is 27.7. The third-order valence-electron chi connectivity index (χ3n) is 6.45. The number of ether oxygens (including phenoxy) is 2. The largest absolute Gasteiger partial charge is 0.496 e. The predicted molar refractivity (Wildman–Crippen MR) is 140 cm³/mol. The standard InChI is InChI=1S/C29H24F3N3O4/c1-16-10-11-24(38-2)20(12-16)27-21(14-26(36)39-27)28(37)34-18-7-5-6-17(13-18)33-23-15-25(29(30,31)32)35-22-9-4-3-8-19(22)23/h3-13,15,21,27H,14H2,1-2H3,(H,33,35)(H,34,37)/t21-,27+/m1/s1. The zero-order valence-electron chi connectivity index (χ0n) is 21.0. The Balaban J connectivity index is 1.40. The van der Waals surface area contributed by atoms with Crippen LogP contribution in [0.25, 0.3) is 10.9 Å². The van der Waals surface area contributed by atoms with Crippen molar-refractivity contribution in [3.05, 3.63) is 89.6 Å². The van der Waals surface area contributed by atoms with E-state index < -0.39 is 35.8 Å². The van der Waals surface area contributed by atoms with Gasteiger partial charge in [0.1, 0.15) is 17.5 Å². The van der Waals surface area contributed by atoms with Gasteiger partial charge in [0.15, 0.2) is 0 Å². The van der Waals surface area contributed by atoms with E-state index in [1.165, 1.54) is 13.2 Å². The summed E-state index contributed by atoms with van der Waals surface area (Å²) < 4.78 is 51.3. The number of aromatic nitrogens is 1. The zero-order valence-corrected chi connectivity index (χ0v) is 21.0. The number of carbonyl (C=O) groups is 2. The number of nitrogens with zero attached hydrogens (tertiary/aromatic N) is 1. The quantitative estimate of drug-likeness (QED) is 0.272. The molecular weight excluding hydrogens is 511 g/mol. The van der Waals surface area contributed by atoms with Gasteiger partial charge in [-0.1, -0.05) is 35.9 Å². The maximum atomic E-state index is 13.5. The van der Waals surface area contributed by atoms with Gasteiger partial charge in [0.05, 0.1) is 30.7 Å². The Morgan fingerprint density at radius 1 is 1.03 bits per heavy atom. The molecule has 2 heterocycles. The van der Waals surface area contributed by atoms with E-state index in [2.05, 4.69) is 15.6 Å². The number of nitrogens with one attached hydrogen (secondary N) is 2. The van der Waals surface area contributed by atoms with Crippen LogP contribution in [0.2, 0.25) is 0 Å². The number of hydrogen-bond acceptors (Lipinski definition) is 6. The lowest BCUT2D eigenvalue weighted by Crippen LogP contribution is -2.25. The van der Waals surface area contributed by atoms with Crippen molar-refractivity contribution >= 4 is 39.8 Å². The fraction of sp³-hybridized carbons (Fsp3) is 0.207. The molecule has 2 N–H and O–H groups in total. The lowest BCUT2D eigenvalue weighted by molar-refractivity contribution is -0.142. The van der Waals surface area contributed by atoms with Crippen LogP contribution in [-0.4, -0.2) is 24.0 Å². The highest BCUT2D eigenvalue weighted by Crippen LogP contribution is 2.41. The van der Waals surface area contributed by atoms with Crippen molar-refractivity contribution in [1.29, 1.82) is 0 Å². The Kier molecular flexibility index (Phi) is 6.86. The summed E-state index contributed by atoms with van der Waals surface area (Å²) >= 11 is 0. The molecule has 3 aromatic carbocycles. The first kappa shape index (κ1) is 26.0. The van der Waals surface area contributed by atoms with E-state index in [9.17, 15) is 22.8 Å². The maximum Gasteiger partial charge on any atom is 0.433 e. The number of pyridine rings is 1. The molecule has 1 aromatic heterocycles. The number of methoxy groups -OCH3 is 1. The van der Waals surface area contributed by atoms with Crippen LogP contribution in [0.15, 0.2) is 72.8 Å². The van der Waals surface area contributed by atoms with Crippen LogP contribution in [-0.2, 0) is 20.5 Å². The highest BCUT2D eigenvalue weighted by Gasteiger charge is 2.42. The Bertz CT molecular complexity index is 1570. The van der Waals surface area contributed by atoms with Gasteiger partial charge < -0.3 is 20.1 Å². The lowest BCUT2D eigenvalue weighted by atomic mass is 9.92. The molecule has 1 saturated heterocycles. The number of cyclic esters (lactones) is 1. The van der Waals surface area contributed by atoms with Crippen LogP contribution in [0.5, 0.6) is 5.75 Å². The minimum absolute atomic E-state index is 0.102. The van der Waals surface area contributed by atoms with E-state index in [1.54, 1.807) is 48.5 Å². The molecule has 0 unspecified atom stereocenters. The normalized spacial score (nSPS) is 17.1. The molecule has 7 nitrogen and oxygen atoms in total. The molecule has 1 fully saturated rings. The molecule has 4 aromatic rings. The van der Waals surface area contributed by atoms with E-state index in [0.29, 0.717) is 28.1 Å². The van der Waals surface area contributed by atoms with Gasteiger partial charge in [0.25, 0.3) is 0 Å². The SMILES string of the molecule is COc1ccc(C)cc1[C@@H]1OC(=O)C[C@H]1C(=O)Nc1cccc(Nc2cc(C(F)(F)F)nc3ccccc23)c1. The Morgan fingerprint density at radius 2 is 1.79 bits per heavy atom. The third-order valence-corrected chi connectivity index (χ3v) is 6.45. The van der Waals surface area contributed by atoms with Crippen molar-refractivity contribution < 1.29 is 32.2 Å². The molecule has 39 heavy (non-hydrogen) atoms. The van der Waals surface area contributed by atoms with Crippen molar-refractivity contribution in [1.82, 2.24) is 4.98 Å². The Hall–Kier alpha value is -4.60. The lowest BCUT2D eigenvalue weighted by Gasteiger charge is -2.20. The molecule has 2 atom stereocenters. The average molecular weight is 536 g/mol. The highest BCUT2D eigenvalue weighted by molar-refractivity contribution is 5.97. The molecule has 0 bridgehead atoms. The van der Waals surface area contributed by atoms with Gasteiger partial charge in [0.2, 0.25) is 5.91 Å². The van der Waals surface area contributed by atoms with Gasteiger partial charge in [-0.15, -0.1) is 0 Å². The first-order chi connectivity index (χ1) is 18.6. The summed E-state index contributed by atoms with van der Waals surface area (Å²) in [7, 11) is 1.50. The number of esters is 1. The number of alkyl halides is 3. The van der Waals surface area contributed by atoms with Crippen molar-refractivity contribution in [2.75, 3.05) is 17.7 Å². The first-order valence-electron chi connectivity index (χ1n) is 12.1.